The molecule has 0 radical (unpaired) electrons. The van der Waals surface area contributed by atoms with Crippen molar-refractivity contribution in [3.05, 3.63) is 24.1 Å². The first-order valence-corrected chi connectivity index (χ1v) is 7.76. The second-order valence-electron chi connectivity index (χ2n) is 5.92. The summed E-state index contributed by atoms with van der Waals surface area (Å²) < 4.78 is 21.3. The highest BCUT2D eigenvalue weighted by Crippen LogP contribution is 2.35. The van der Waals surface area contributed by atoms with Gasteiger partial charge in [-0.2, -0.15) is 4.98 Å². The predicted octanol–water partition coefficient (Wildman–Crippen LogP) is 1.93. The molecule has 1 aromatic heterocycles. The smallest absolute Gasteiger partial charge is 0.241 e. The molecule has 2 aromatic rings. The summed E-state index contributed by atoms with van der Waals surface area (Å²) in [4.78, 5) is 6.81. The number of hydrogen-bond acceptors (Lipinski definition) is 7. The standard InChI is InChI=1S/C16H19N3O4/c1-20-9-11-4-5-19(7-11)8-15-17-16(18-23-15)12-2-3-13-14(6-12)22-10-21-13/h2-3,6,11H,4-5,7-10H2,1H3/t11-/m1/s1. The molecule has 4 rings (SSSR count). The van der Waals surface area contributed by atoms with Crippen LogP contribution in [0, 0.1) is 5.92 Å². The molecule has 0 aliphatic carbocycles. The summed E-state index contributed by atoms with van der Waals surface area (Å²) in [6.07, 6.45) is 1.15. The fourth-order valence-electron chi connectivity index (χ4n) is 3.09. The summed E-state index contributed by atoms with van der Waals surface area (Å²) in [6, 6.07) is 5.65. The summed E-state index contributed by atoms with van der Waals surface area (Å²) in [5.41, 5.74) is 0.864. The summed E-state index contributed by atoms with van der Waals surface area (Å²) in [5.74, 6) is 3.27. The van der Waals surface area contributed by atoms with Crippen molar-refractivity contribution < 1.29 is 18.7 Å². The average Bonchev–Trinajstić information content (AvgIpc) is 3.28. The van der Waals surface area contributed by atoms with E-state index in [9.17, 15) is 0 Å². The van der Waals surface area contributed by atoms with Crippen LogP contribution in [-0.4, -0.2) is 48.6 Å². The van der Waals surface area contributed by atoms with Gasteiger partial charge in [-0.3, -0.25) is 4.90 Å². The first-order valence-electron chi connectivity index (χ1n) is 7.76. The Morgan fingerprint density at radius 3 is 3.13 bits per heavy atom. The van der Waals surface area contributed by atoms with E-state index in [4.69, 9.17) is 18.7 Å². The van der Waals surface area contributed by atoms with Gasteiger partial charge in [0.25, 0.3) is 0 Å². The van der Waals surface area contributed by atoms with Crippen molar-refractivity contribution in [1.29, 1.82) is 0 Å². The third kappa shape index (κ3) is 3.02. The van der Waals surface area contributed by atoms with Gasteiger partial charge in [-0.15, -0.1) is 0 Å². The highest BCUT2D eigenvalue weighted by molar-refractivity contribution is 5.61. The zero-order valence-corrected chi connectivity index (χ0v) is 13.0. The molecule has 0 bridgehead atoms. The van der Waals surface area contributed by atoms with Crippen molar-refractivity contribution in [2.24, 2.45) is 5.92 Å². The van der Waals surface area contributed by atoms with Crippen molar-refractivity contribution in [1.82, 2.24) is 15.0 Å². The minimum Gasteiger partial charge on any atom is -0.454 e. The number of fused-ring (bicyclic) bond motifs is 1. The topological polar surface area (TPSA) is 69.9 Å². The predicted molar refractivity (Wildman–Crippen MR) is 81.1 cm³/mol. The molecule has 7 nitrogen and oxygen atoms in total. The average molecular weight is 317 g/mol. The van der Waals surface area contributed by atoms with E-state index in [1.807, 2.05) is 18.2 Å². The fraction of sp³-hybridized carbons (Fsp3) is 0.500. The van der Waals surface area contributed by atoms with E-state index < -0.39 is 0 Å². The number of benzene rings is 1. The Hall–Kier alpha value is -2.12. The van der Waals surface area contributed by atoms with E-state index >= 15 is 0 Å². The molecule has 1 fully saturated rings. The first-order chi connectivity index (χ1) is 11.3. The molecule has 0 unspecified atom stereocenters. The number of aromatic nitrogens is 2. The maximum absolute atomic E-state index is 5.39. The van der Waals surface area contributed by atoms with Crippen molar-refractivity contribution in [2.45, 2.75) is 13.0 Å². The Balaban J connectivity index is 1.43. The van der Waals surface area contributed by atoms with Crippen LogP contribution in [0.3, 0.4) is 0 Å². The van der Waals surface area contributed by atoms with Crippen LogP contribution < -0.4 is 9.47 Å². The third-order valence-corrected chi connectivity index (χ3v) is 4.23. The van der Waals surface area contributed by atoms with Crippen LogP contribution in [0.1, 0.15) is 12.3 Å². The fourth-order valence-corrected chi connectivity index (χ4v) is 3.09. The second kappa shape index (κ2) is 6.17. The molecule has 7 heteroatoms. The molecule has 23 heavy (non-hydrogen) atoms. The van der Waals surface area contributed by atoms with Gasteiger partial charge in [0.05, 0.1) is 13.2 Å². The molecule has 0 saturated carbocycles. The van der Waals surface area contributed by atoms with Gasteiger partial charge in [-0.25, -0.2) is 0 Å². The lowest BCUT2D eigenvalue weighted by Gasteiger charge is -2.12. The van der Waals surface area contributed by atoms with E-state index in [1.165, 1.54) is 0 Å². The summed E-state index contributed by atoms with van der Waals surface area (Å²) in [5, 5.41) is 4.08. The van der Waals surface area contributed by atoms with E-state index in [1.54, 1.807) is 7.11 Å². The lowest BCUT2D eigenvalue weighted by Crippen LogP contribution is -2.21. The van der Waals surface area contributed by atoms with E-state index in [0.717, 1.165) is 43.2 Å². The number of likely N-dealkylation sites (tertiary alicyclic amines) is 1. The Kier molecular flexibility index (Phi) is 3.88. The zero-order chi connectivity index (χ0) is 15.6. The quantitative estimate of drug-likeness (QED) is 0.834. The van der Waals surface area contributed by atoms with Gasteiger partial charge in [-0.1, -0.05) is 5.16 Å². The highest BCUT2D eigenvalue weighted by atomic mass is 16.7. The van der Waals surface area contributed by atoms with Crippen LogP contribution in [0.15, 0.2) is 22.7 Å². The lowest BCUT2D eigenvalue weighted by molar-refractivity contribution is 0.151. The lowest BCUT2D eigenvalue weighted by atomic mass is 10.1. The summed E-state index contributed by atoms with van der Waals surface area (Å²) >= 11 is 0. The molecule has 0 N–H and O–H groups in total. The largest absolute Gasteiger partial charge is 0.454 e. The molecule has 0 amide bonds. The molecule has 1 atom stereocenters. The number of ether oxygens (including phenoxy) is 3. The van der Waals surface area contributed by atoms with E-state index in [0.29, 0.717) is 24.2 Å². The molecule has 1 saturated heterocycles. The maximum Gasteiger partial charge on any atom is 0.241 e. The third-order valence-electron chi connectivity index (χ3n) is 4.23. The zero-order valence-electron chi connectivity index (χ0n) is 13.0. The highest BCUT2D eigenvalue weighted by Gasteiger charge is 2.24. The molecule has 2 aliphatic rings. The summed E-state index contributed by atoms with van der Waals surface area (Å²) in [7, 11) is 1.75. The Morgan fingerprint density at radius 2 is 2.22 bits per heavy atom. The van der Waals surface area contributed by atoms with Gasteiger partial charge in [0.15, 0.2) is 11.5 Å². The van der Waals surface area contributed by atoms with Gasteiger partial charge in [0.2, 0.25) is 18.5 Å². The van der Waals surface area contributed by atoms with Crippen LogP contribution in [0.25, 0.3) is 11.4 Å². The summed E-state index contributed by atoms with van der Waals surface area (Å²) in [6.45, 7) is 3.79. The minimum absolute atomic E-state index is 0.258. The van der Waals surface area contributed by atoms with Crippen molar-refractivity contribution in [2.75, 3.05) is 33.6 Å². The number of methoxy groups -OCH3 is 1. The van der Waals surface area contributed by atoms with Crippen molar-refractivity contribution >= 4 is 0 Å². The molecule has 122 valence electrons. The molecule has 3 heterocycles. The number of hydrogen-bond donors (Lipinski definition) is 0. The van der Waals surface area contributed by atoms with Gasteiger partial charge < -0.3 is 18.7 Å². The Morgan fingerprint density at radius 1 is 1.30 bits per heavy atom. The normalized spacial score (nSPS) is 20.3. The Labute approximate surface area is 134 Å². The number of nitrogens with zero attached hydrogens (tertiary/aromatic N) is 3. The molecule has 0 spiro atoms. The second-order valence-corrected chi connectivity index (χ2v) is 5.92. The van der Waals surface area contributed by atoms with Gasteiger partial charge in [-0.05, 0) is 37.1 Å². The molecular weight excluding hydrogens is 298 g/mol. The maximum atomic E-state index is 5.39. The number of rotatable bonds is 5. The first kappa shape index (κ1) is 14.5. The molecule has 1 aromatic carbocycles. The van der Waals surface area contributed by atoms with Gasteiger partial charge >= 0.3 is 0 Å². The molecular formula is C16H19N3O4. The van der Waals surface area contributed by atoms with Gasteiger partial charge in [0.1, 0.15) is 0 Å². The van der Waals surface area contributed by atoms with Crippen LogP contribution in [0.5, 0.6) is 11.5 Å². The van der Waals surface area contributed by atoms with E-state index in [2.05, 4.69) is 15.0 Å². The van der Waals surface area contributed by atoms with Crippen molar-refractivity contribution in [3.8, 4) is 22.9 Å². The van der Waals surface area contributed by atoms with E-state index in [-0.39, 0.29) is 6.79 Å². The molecule has 2 aliphatic heterocycles. The SMILES string of the molecule is COC[C@@H]1CCN(Cc2nc(-c3ccc4c(c3)OCO4)no2)C1. The van der Waals surface area contributed by atoms with Gasteiger partial charge in [0, 0.05) is 19.2 Å². The van der Waals surface area contributed by atoms with Crippen LogP contribution in [-0.2, 0) is 11.3 Å². The van der Waals surface area contributed by atoms with Crippen LogP contribution >= 0.6 is 0 Å². The van der Waals surface area contributed by atoms with Crippen molar-refractivity contribution in [3.63, 3.8) is 0 Å². The van der Waals surface area contributed by atoms with Crippen LogP contribution in [0.2, 0.25) is 0 Å². The van der Waals surface area contributed by atoms with Crippen LogP contribution in [0.4, 0.5) is 0 Å². The minimum atomic E-state index is 0.258. The monoisotopic (exact) mass is 317 g/mol. The Bertz CT molecular complexity index is 688.